The van der Waals surface area contributed by atoms with Crippen LogP contribution in [-0.4, -0.2) is 5.16 Å². The van der Waals surface area contributed by atoms with Crippen molar-refractivity contribution in [3.8, 4) is 0 Å². The van der Waals surface area contributed by atoms with E-state index in [1.807, 2.05) is 6.07 Å². The van der Waals surface area contributed by atoms with Crippen molar-refractivity contribution in [3.63, 3.8) is 0 Å². The lowest BCUT2D eigenvalue weighted by Gasteiger charge is -1.95. The second-order valence-corrected chi connectivity index (χ2v) is 3.85. The molecule has 4 heteroatoms. The van der Waals surface area contributed by atoms with Crippen LogP contribution in [0.2, 0.25) is 0 Å². The average Bonchev–Trinajstić information content (AvgIpc) is 2.61. The quantitative estimate of drug-likeness (QED) is 0.571. The molecule has 2 nitrogen and oxygen atoms in total. The van der Waals surface area contributed by atoms with Crippen LogP contribution in [-0.2, 0) is 10.6 Å². The van der Waals surface area contributed by atoms with Gasteiger partial charge in [-0.2, -0.15) is 12.6 Å². The molecule has 1 aromatic rings. The summed E-state index contributed by atoms with van der Waals surface area (Å²) < 4.78 is 5.05. The van der Waals surface area contributed by atoms with E-state index in [0.717, 1.165) is 24.3 Å². The van der Waals surface area contributed by atoms with Gasteiger partial charge in [0.1, 0.15) is 4.87 Å². The van der Waals surface area contributed by atoms with Gasteiger partial charge in [0.2, 0.25) is 0 Å². The molecule has 2 rings (SSSR count). The second-order valence-electron chi connectivity index (χ2n) is 2.81. The van der Waals surface area contributed by atoms with Gasteiger partial charge in [0, 0.05) is 11.8 Å². The highest BCUT2D eigenvalue weighted by atomic mass is 35.5. The van der Waals surface area contributed by atoms with Gasteiger partial charge >= 0.3 is 0 Å². The first-order chi connectivity index (χ1) is 5.24. The number of hydrogen-bond donors (Lipinski definition) is 1. The van der Waals surface area contributed by atoms with Crippen molar-refractivity contribution in [1.82, 2.24) is 5.16 Å². The van der Waals surface area contributed by atoms with E-state index in [2.05, 4.69) is 17.8 Å². The first kappa shape index (κ1) is 7.50. The number of thiol groups is 1. The van der Waals surface area contributed by atoms with Crippen molar-refractivity contribution in [3.05, 3.63) is 17.5 Å². The molecule has 0 unspecified atom stereocenters. The lowest BCUT2D eigenvalue weighted by Crippen LogP contribution is -1.91. The molecule has 1 saturated carbocycles. The fraction of sp³-hybridized carbons (Fsp3) is 0.571. The molecule has 0 spiro atoms. The maximum atomic E-state index is 6.08. The summed E-state index contributed by atoms with van der Waals surface area (Å²) in [5, 5.41) is 3.81. The van der Waals surface area contributed by atoms with Crippen LogP contribution >= 0.6 is 24.2 Å². The van der Waals surface area contributed by atoms with Crippen LogP contribution in [0.3, 0.4) is 0 Å². The zero-order valence-electron chi connectivity index (χ0n) is 5.88. The highest BCUT2D eigenvalue weighted by Gasteiger charge is 2.46. The van der Waals surface area contributed by atoms with Gasteiger partial charge in [-0.25, -0.2) is 0 Å². The maximum Gasteiger partial charge on any atom is 0.157 e. The minimum absolute atomic E-state index is 0.228. The van der Waals surface area contributed by atoms with Crippen molar-refractivity contribution in [1.29, 1.82) is 0 Å². The fourth-order valence-electron chi connectivity index (χ4n) is 0.954. The van der Waals surface area contributed by atoms with Crippen molar-refractivity contribution in [2.75, 3.05) is 0 Å². The Morgan fingerprint density at radius 1 is 1.73 bits per heavy atom. The van der Waals surface area contributed by atoms with Gasteiger partial charge in [0.15, 0.2) is 5.76 Å². The van der Waals surface area contributed by atoms with Crippen molar-refractivity contribution in [2.45, 2.75) is 23.5 Å². The molecule has 11 heavy (non-hydrogen) atoms. The van der Waals surface area contributed by atoms with Gasteiger partial charge in [0.25, 0.3) is 0 Å². The number of aromatic nitrogens is 1. The number of nitrogens with zero attached hydrogens (tertiary/aromatic N) is 1. The summed E-state index contributed by atoms with van der Waals surface area (Å²) in [6, 6.07) is 1.88. The Balaban J connectivity index is 2.25. The largest absolute Gasteiger partial charge is 0.359 e. The van der Waals surface area contributed by atoms with Crippen molar-refractivity contribution < 1.29 is 4.52 Å². The van der Waals surface area contributed by atoms with E-state index < -0.39 is 0 Å². The van der Waals surface area contributed by atoms with E-state index in [0.29, 0.717) is 5.75 Å². The average molecular weight is 190 g/mol. The molecule has 0 atom stereocenters. The Bertz CT molecular complexity index is 269. The van der Waals surface area contributed by atoms with Gasteiger partial charge in [0.05, 0.1) is 5.69 Å². The third-order valence-corrected chi connectivity index (χ3v) is 2.74. The van der Waals surface area contributed by atoms with Crippen molar-refractivity contribution in [2.24, 2.45) is 0 Å². The molecule has 0 bridgehead atoms. The molecule has 60 valence electrons. The van der Waals surface area contributed by atoms with Crippen LogP contribution in [0.1, 0.15) is 24.3 Å². The van der Waals surface area contributed by atoms with Gasteiger partial charge in [-0.15, -0.1) is 11.6 Å². The molecule has 0 saturated heterocycles. The molecule has 1 heterocycles. The molecule has 0 amide bonds. The highest BCUT2D eigenvalue weighted by Crippen LogP contribution is 2.52. The molecule has 0 N–H and O–H groups in total. The molecule has 1 aromatic heterocycles. The van der Waals surface area contributed by atoms with Gasteiger partial charge in [-0.3, -0.25) is 0 Å². The van der Waals surface area contributed by atoms with Crippen LogP contribution in [0.5, 0.6) is 0 Å². The zero-order chi connectivity index (χ0) is 7.90. The van der Waals surface area contributed by atoms with Crippen LogP contribution in [0.25, 0.3) is 0 Å². The summed E-state index contributed by atoms with van der Waals surface area (Å²) in [5.41, 5.74) is 0.857. The van der Waals surface area contributed by atoms with Gasteiger partial charge < -0.3 is 4.52 Å². The first-order valence-electron chi connectivity index (χ1n) is 3.50. The van der Waals surface area contributed by atoms with Crippen LogP contribution < -0.4 is 0 Å². The molecule has 1 aliphatic rings. The predicted octanol–water partition coefficient (Wildman–Crippen LogP) is 2.33. The SMILES string of the molecule is SCc1cc(C2(Cl)CC2)on1. The Morgan fingerprint density at radius 2 is 2.45 bits per heavy atom. The minimum Gasteiger partial charge on any atom is -0.359 e. The van der Waals surface area contributed by atoms with E-state index in [1.54, 1.807) is 0 Å². The Morgan fingerprint density at radius 3 is 2.91 bits per heavy atom. The normalized spacial score (nSPS) is 20.2. The number of halogens is 1. The number of hydrogen-bond acceptors (Lipinski definition) is 3. The molecule has 1 fully saturated rings. The molecule has 0 aliphatic heterocycles. The lowest BCUT2D eigenvalue weighted by atomic mass is 10.3. The molecular weight excluding hydrogens is 182 g/mol. The third-order valence-electron chi connectivity index (χ3n) is 1.85. The van der Waals surface area contributed by atoms with Crippen LogP contribution in [0, 0.1) is 0 Å². The topological polar surface area (TPSA) is 26.0 Å². The minimum atomic E-state index is -0.228. The summed E-state index contributed by atoms with van der Waals surface area (Å²) in [6.07, 6.45) is 1.99. The smallest absolute Gasteiger partial charge is 0.157 e. The van der Waals surface area contributed by atoms with Crippen LogP contribution in [0.4, 0.5) is 0 Å². The number of alkyl halides is 1. The standard InChI is InChI=1S/C7H8ClNOS/c8-7(1-2-7)6-3-5(4-11)9-10-6/h3,11H,1-2,4H2. The lowest BCUT2D eigenvalue weighted by molar-refractivity contribution is 0.373. The summed E-state index contributed by atoms with van der Waals surface area (Å²) in [5.74, 6) is 1.40. The third kappa shape index (κ3) is 1.27. The van der Waals surface area contributed by atoms with E-state index in [-0.39, 0.29) is 4.87 Å². The monoisotopic (exact) mass is 189 g/mol. The number of rotatable bonds is 2. The van der Waals surface area contributed by atoms with E-state index >= 15 is 0 Å². The van der Waals surface area contributed by atoms with E-state index in [9.17, 15) is 0 Å². The van der Waals surface area contributed by atoms with Crippen LogP contribution in [0.15, 0.2) is 10.6 Å². The van der Waals surface area contributed by atoms with E-state index in [1.165, 1.54) is 0 Å². The fourth-order valence-corrected chi connectivity index (χ4v) is 1.29. The Labute approximate surface area is 75.3 Å². The molecule has 0 aromatic carbocycles. The van der Waals surface area contributed by atoms with Gasteiger partial charge in [-0.1, -0.05) is 5.16 Å². The predicted molar refractivity (Wildman–Crippen MR) is 46.0 cm³/mol. The maximum absolute atomic E-state index is 6.08. The zero-order valence-corrected chi connectivity index (χ0v) is 7.53. The summed E-state index contributed by atoms with van der Waals surface area (Å²) in [7, 11) is 0. The molecular formula is C7H8ClNOS. The summed E-state index contributed by atoms with van der Waals surface area (Å²) in [4.78, 5) is -0.228. The first-order valence-corrected chi connectivity index (χ1v) is 4.51. The van der Waals surface area contributed by atoms with Gasteiger partial charge in [-0.05, 0) is 12.8 Å². The highest BCUT2D eigenvalue weighted by molar-refractivity contribution is 7.79. The summed E-state index contributed by atoms with van der Waals surface area (Å²) >= 11 is 10.2. The molecule has 1 aliphatic carbocycles. The molecule has 0 radical (unpaired) electrons. The Hall–Kier alpha value is -0.150. The summed E-state index contributed by atoms with van der Waals surface area (Å²) in [6.45, 7) is 0. The second kappa shape index (κ2) is 2.42. The van der Waals surface area contributed by atoms with Crippen molar-refractivity contribution >= 4 is 24.2 Å². The van der Waals surface area contributed by atoms with E-state index in [4.69, 9.17) is 16.1 Å². The Kier molecular flexibility index (Phi) is 1.65.